The van der Waals surface area contributed by atoms with E-state index in [1.807, 2.05) is 11.8 Å². The standard InChI is InChI=1S/C14H16F3NO2S/c15-14(16,17)9-4-5-12(11(7-9)13(19)20)18-8-10-3-1-2-6-21-10/h4-5,7,10,18H,1-3,6,8H2,(H,19,20). The van der Waals surface area contributed by atoms with E-state index in [9.17, 15) is 18.0 Å². The lowest BCUT2D eigenvalue weighted by Gasteiger charge is -2.22. The van der Waals surface area contributed by atoms with Crippen molar-refractivity contribution in [3.05, 3.63) is 29.3 Å². The molecule has 2 N–H and O–H groups in total. The van der Waals surface area contributed by atoms with E-state index in [4.69, 9.17) is 5.11 Å². The summed E-state index contributed by atoms with van der Waals surface area (Å²) in [4.78, 5) is 11.1. The van der Waals surface area contributed by atoms with E-state index in [1.165, 1.54) is 12.5 Å². The highest BCUT2D eigenvalue weighted by Crippen LogP contribution is 2.32. The summed E-state index contributed by atoms with van der Waals surface area (Å²) in [6.45, 7) is 0.566. The molecule has 0 aromatic heterocycles. The summed E-state index contributed by atoms with van der Waals surface area (Å²) < 4.78 is 37.9. The molecule has 0 amide bonds. The Hall–Kier alpha value is -1.37. The minimum atomic E-state index is -4.54. The van der Waals surface area contributed by atoms with Crippen LogP contribution in [-0.4, -0.2) is 28.6 Å². The molecule has 1 aliphatic heterocycles. The average molecular weight is 319 g/mol. The van der Waals surface area contributed by atoms with Crippen molar-refractivity contribution in [3.63, 3.8) is 0 Å². The molecule has 116 valence electrons. The van der Waals surface area contributed by atoms with Crippen molar-refractivity contribution in [2.75, 3.05) is 17.6 Å². The monoisotopic (exact) mass is 319 g/mol. The normalized spacial score (nSPS) is 19.3. The molecule has 3 nitrogen and oxygen atoms in total. The van der Waals surface area contributed by atoms with Gasteiger partial charge in [-0.2, -0.15) is 24.9 Å². The zero-order valence-electron chi connectivity index (χ0n) is 11.2. The first-order chi connectivity index (χ1) is 9.88. The van der Waals surface area contributed by atoms with E-state index in [1.54, 1.807) is 0 Å². The number of thioether (sulfide) groups is 1. The number of carboxylic acid groups (broad SMARTS) is 1. The first-order valence-electron chi connectivity index (χ1n) is 6.68. The molecule has 21 heavy (non-hydrogen) atoms. The predicted molar refractivity (Wildman–Crippen MR) is 77.0 cm³/mol. The molecular weight excluding hydrogens is 303 g/mol. The van der Waals surface area contributed by atoms with Crippen LogP contribution in [0.25, 0.3) is 0 Å². The second-order valence-electron chi connectivity index (χ2n) is 4.93. The van der Waals surface area contributed by atoms with Crippen LogP contribution in [0.1, 0.15) is 35.2 Å². The quantitative estimate of drug-likeness (QED) is 0.877. The Morgan fingerprint density at radius 1 is 1.38 bits per heavy atom. The number of benzene rings is 1. The fourth-order valence-electron chi connectivity index (χ4n) is 2.24. The van der Waals surface area contributed by atoms with Crippen molar-refractivity contribution in [2.45, 2.75) is 30.7 Å². The third-order valence-corrected chi connectivity index (χ3v) is 4.77. The molecule has 0 radical (unpaired) electrons. The fourth-order valence-corrected chi connectivity index (χ4v) is 3.48. The maximum atomic E-state index is 12.6. The molecule has 0 spiro atoms. The van der Waals surface area contributed by atoms with Gasteiger partial charge in [0.15, 0.2) is 0 Å². The van der Waals surface area contributed by atoms with Gasteiger partial charge in [0.25, 0.3) is 0 Å². The van der Waals surface area contributed by atoms with Crippen LogP contribution in [0.4, 0.5) is 18.9 Å². The van der Waals surface area contributed by atoms with Crippen LogP contribution in [-0.2, 0) is 6.18 Å². The van der Waals surface area contributed by atoms with E-state index < -0.39 is 17.7 Å². The van der Waals surface area contributed by atoms with Crippen molar-refractivity contribution in [1.82, 2.24) is 0 Å². The summed E-state index contributed by atoms with van der Waals surface area (Å²) >= 11 is 1.81. The summed E-state index contributed by atoms with van der Waals surface area (Å²) in [5, 5.41) is 12.4. The number of hydrogen-bond acceptors (Lipinski definition) is 3. The summed E-state index contributed by atoms with van der Waals surface area (Å²) in [6, 6.07) is 2.78. The second kappa shape index (κ2) is 6.60. The Balaban J connectivity index is 2.12. The molecule has 1 heterocycles. The zero-order chi connectivity index (χ0) is 15.5. The van der Waals surface area contributed by atoms with Gasteiger partial charge in [0.05, 0.1) is 11.1 Å². The van der Waals surface area contributed by atoms with E-state index in [0.717, 1.165) is 24.7 Å². The van der Waals surface area contributed by atoms with Crippen molar-refractivity contribution in [3.8, 4) is 0 Å². The van der Waals surface area contributed by atoms with Gasteiger partial charge in [-0.3, -0.25) is 0 Å². The van der Waals surface area contributed by atoms with Crippen molar-refractivity contribution >= 4 is 23.4 Å². The highest BCUT2D eigenvalue weighted by Gasteiger charge is 2.31. The second-order valence-corrected chi connectivity index (χ2v) is 6.34. The lowest BCUT2D eigenvalue weighted by Crippen LogP contribution is -2.21. The number of hydrogen-bond donors (Lipinski definition) is 2. The van der Waals surface area contributed by atoms with E-state index >= 15 is 0 Å². The molecule has 1 aromatic carbocycles. The third-order valence-electron chi connectivity index (χ3n) is 3.37. The number of anilines is 1. The van der Waals surface area contributed by atoms with Gasteiger partial charge in [-0.15, -0.1) is 0 Å². The Kier molecular flexibility index (Phi) is 5.03. The Labute approximate surface area is 124 Å². The van der Waals surface area contributed by atoms with Crippen LogP contribution in [0.15, 0.2) is 18.2 Å². The highest BCUT2D eigenvalue weighted by atomic mass is 32.2. The molecule has 7 heteroatoms. The van der Waals surface area contributed by atoms with Gasteiger partial charge >= 0.3 is 12.1 Å². The van der Waals surface area contributed by atoms with Gasteiger partial charge in [0.2, 0.25) is 0 Å². The van der Waals surface area contributed by atoms with Crippen LogP contribution in [0.5, 0.6) is 0 Å². The number of carbonyl (C=O) groups is 1. The van der Waals surface area contributed by atoms with Crippen molar-refractivity contribution in [1.29, 1.82) is 0 Å². The Morgan fingerprint density at radius 2 is 2.14 bits per heavy atom. The number of carboxylic acids is 1. The molecule has 1 saturated heterocycles. The summed E-state index contributed by atoms with van der Waals surface area (Å²) in [5.74, 6) is -0.287. The van der Waals surface area contributed by atoms with Crippen molar-refractivity contribution in [2.24, 2.45) is 0 Å². The maximum Gasteiger partial charge on any atom is 0.416 e. The summed E-state index contributed by atoms with van der Waals surface area (Å²) in [6.07, 6.45) is -1.18. The Morgan fingerprint density at radius 3 is 2.71 bits per heavy atom. The molecule has 1 fully saturated rings. The first-order valence-corrected chi connectivity index (χ1v) is 7.73. The number of nitrogens with one attached hydrogen (secondary N) is 1. The largest absolute Gasteiger partial charge is 0.478 e. The molecule has 1 aromatic rings. The van der Waals surface area contributed by atoms with Gasteiger partial charge in [-0.1, -0.05) is 6.42 Å². The number of aromatic carboxylic acids is 1. The molecule has 2 rings (SSSR count). The SMILES string of the molecule is O=C(O)c1cc(C(F)(F)F)ccc1NCC1CCCCS1. The third kappa shape index (κ3) is 4.30. The maximum absolute atomic E-state index is 12.6. The minimum Gasteiger partial charge on any atom is -0.478 e. The number of rotatable bonds is 4. The Bertz CT molecular complexity index is 513. The molecule has 1 unspecified atom stereocenters. The molecule has 1 atom stereocenters. The molecule has 0 saturated carbocycles. The zero-order valence-corrected chi connectivity index (χ0v) is 12.1. The lowest BCUT2D eigenvalue weighted by molar-refractivity contribution is -0.137. The minimum absolute atomic E-state index is 0.238. The van der Waals surface area contributed by atoms with Crippen LogP contribution in [0, 0.1) is 0 Å². The van der Waals surface area contributed by atoms with Gasteiger partial charge in [-0.05, 0) is 36.8 Å². The summed E-state index contributed by atoms with van der Waals surface area (Å²) in [7, 11) is 0. The first kappa shape index (κ1) is 16.0. The predicted octanol–water partition coefficient (Wildman–Crippen LogP) is 4.10. The van der Waals surface area contributed by atoms with Crippen LogP contribution in [0.2, 0.25) is 0 Å². The summed E-state index contributed by atoms with van der Waals surface area (Å²) in [5.41, 5.74) is -1.05. The van der Waals surface area contributed by atoms with E-state index in [2.05, 4.69) is 5.32 Å². The van der Waals surface area contributed by atoms with Crippen molar-refractivity contribution < 1.29 is 23.1 Å². The van der Waals surface area contributed by atoms with E-state index in [-0.39, 0.29) is 11.3 Å². The van der Waals surface area contributed by atoms with E-state index in [0.29, 0.717) is 17.9 Å². The van der Waals surface area contributed by atoms with Gasteiger partial charge < -0.3 is 10.4 Å². The lowest BCUT2D eigenvalue weighted by atomic mass is 10.1. The molecule has 0 aliphatic carbocycles. The van der Waals surface area contributed by atoms with Gasteiger partial charge in [0, 0.05) is 17.5 Å². The van der Waals surface area contributed by atoms with Crippen LogP contribution in [0.3, 0.4) is 0 Å². The average Bonchev–Trinajstić information content (AvgIpc) is 2.45. The topological polar surface area (TPSA) is 49.3 Å². The van der Waals surface area contributed by atoms with Gasteiger partial charge in [-0.25, -0.2) is 4.79 Å². The molecular formula is C14H16F3NO2S. The van der Waals surface area contributed by atoms with Crippen LogP contribution >= 0.6 is 11.8 Å². The molecule has 0 bridgehead atoms. The molecule has 1 aliphatic rings. The van der Waals surface area contributed by atoms with Gasteiger partial charge in [0.1, 0.15) is 0 Å². The smallest absolute Gasteiger partial charge is 0.416 e. The highest BCUT2D eigenvalue weighted by molar-refractivity contribution is 7.99. The number of halogens is 3. The fraction of sp³-hybridized carbons (Fsp3) is 0.500. The van der Waals surface area contributed by atoms with Crippen LogP contribution < -0.4 is 5.32 Å². The number of alkyl halides is 3.